The van der Waals surface area contributed by atoms with Crippen molar-refractivity contribution in [2.24, 2.45) is 0 Å². The van der Waals surface area contributed by atoms with Gasteiger partial charge in [0.15, 0.2) is 5.78 Å². The Hall–Kier alpha value is -2.46. The second kappa shape index (κ2) is 16.9. The molecular formula is C20H28O4. The van der Waals surface area contributed by atoms with Gasteiger partial charge in [0.1, 0.15) is 6.61 Å². The van der Waals surface area contributed by atoms with Crippen molar-refractivity contribution < 1.29 is 19.4 Å². The average molecular weight is 332 g/mol. The third kappa shape index (κ3) is 11.2. The number of benzene rings is 2. The molecule has 0 bridgehead atoms. The van der Waals surface area contributed by atoms with Gasteiger partial charge in [-0.2, -0.15) is 0 Å². The smallest absolute Gasteiger partial charge is 0.335 e. The fraction of sp³-hybridized carbons (Fsp3) is 0.300. The summed E-state index contributed by atoms with van der Waals surface area (Å²) in [4.78, 5) is 21.3. The molecule has 4 nitrogen and oxygen atoms in total. The van der Waals surface area contributed by atoms with Crippen LogP contribution in [0.3, 0.4) is 0 Å². The number of carbonyl (C=O) groups is 2. The lowest BCUT2D eigenvalue weighted by Crippen LogP contribution is -2.06. The Labute approximate surface area is 145 Å². The molecule has 0 radical (unpaired) electrons. The highest BCUT2D eigenvalue weighted by Crippen LogP contribution is 1.99. The molecule has 2 aromatic rings. The van der Waals surface area contributed by atoms with Crippen LogP contribution >= 0.6 is 0 Å². The van der Waals surface area contributed by atoms with Gasteiger partial charge >= 0.3 is 5.97 Å². The number of hydrogen-bond acceptors (Lipinski definition) is 3. The Morgan fingerprint density at radius 1 is 0.792 bits per heavy atom. The van der Waals surface area contributed by atoms with Gasteiger partial charge in [0.2, 0.25) is 0 Å². The molecule has 1 N–H and O–H groups in total. The predicted molar refractivity (Wildman–Crippen MR) is 98.7 cm³/mol. The lowest BCUT2D eigenvalue weighted by atomic mass is 10.1. The van der Waals surface area contributed by atoms with Crippen molar-refractivity contribution >= 4 is 11.8 Å². The first kappa shape index (κ1) is 23.8. The van der Waals surface area contributed by atoms with E-state index in [1.807, 2.05) is 45.9 Å². The van der Waals surface area contributed by atoms with Crippen LogP contribution in [0.25, 0.3) is 0 Å². The maximum Gasteiger partial charge on any atom is 0.335 e. The minimum Gasteiger partial charge on any atom is -0.478 e. The Balaban J connectivity index is 0. The number of aromatic carboxylic acids is 1. The summed E-state index contributed by atoms with van der Waals surface area (Å²) in [7, 11) is 1.51. The zero-order valence-electron chi connectivity index (χ0n) is 15.2. The lowest BCUT2D eigenvalue weighted by Gasteiger charge is -1.97. The largest absolute Gasteiger partial charge is 0.478 e. The molecule has 0 fully saturated rings. The van der Waals surface area contributed by atoms with E-state index < -0.39 is 5.97 Å². The van der Waals surface area contributed by atoms with Crippen LogP contribution in [0.4, 0.5) is 0 Å². The Kier molecular flexibility index (Phi) is 16.8. The van der Waals surface area contributed by atoms with Crippen molar-refractivity contribution in [2.75, 3.05) is 13.7 Å². The fourth-order valence-corrected chi connectivity index (χ4v) is 1.42. The van der Waals surface area contributed by atoms with Crippen LogP contribution in [0, 0.1) is 0 Å². The van der Waals surface area contributed by atoms with Gasteiger partial charge in [0, 0.05) is 12.7 Å². The fourth-order valence-electron chi connectivity index (χ4n) is 1.42. The van der Waals surface area contributed by atoms with Gasteiger partial charge in [-0.1, -0.05) is 76.2 Å². The highest BCUT2D eigenvalue weighted by atomic mass is 16.5. The second-order valence-electron chi connectivity index (χ2n) is 3.89. The van der Waals surface area contributed by atoms with E-state index in [9.17, 15) is 9.59 Å². The number of hydrogen-bond donors (Lipinski definition) is 1. The maximum atomic E-state index is 11.1. The van der Waals surface area contributed by atoms with Gasteiger partial charge in [-0.3, -0.25) is 4.79 Å². The van der Waals surface area contributed by atoms with Crippen molar-refractivity contribution in [1.29, 1.82) is 0 Å². The van der Waals surface area contributed by atoms with Crippen LogP contribution < -0.4 is 0 Å². The molecule has 0 saturated carbocycles. The van der Waals surface area contributed by atoms with E-state index in [4.69, 9.17) is 9.84 Å². The summed E-state index contributed by atoms with van der Waals surface area (Å²) in [6.07, 6.45) is 0. The summed E-state index contributed by atoms with van der Waals surface area (Å²) in [5.41, 5.74) is 1.03. The first-order valence-corrected chi connectivity index (χ1v) is 8.00. The summed E-state index contributed by atoms with van der Waals surface area (Å²) < 4.78 is 4.71. The van der Waals surface area contributed by atoms with Gasteiger partial charge in [-0.15, -0.1) is 0 Å². The quantitative estimate of drug-likeness (QED) is 0.804. The van der Waals surface area contributed by atoms with E-state index in [1.54, 1.807) is 42.5 Å². The van der Waals surface area contributed by atoms with Gasteiger partial charge < -0.3 is 9.84 Å². The number of carbonyl (C=O) groups excluding carboxylic acids is 1. The van der Waals surface area contributed by atoms with Crippen LogP contribution in [0.2, 0.25) is 0 Å². The summed E-state index contributed by atoms with van der Waals surface area (Å²) in [5.74, 6) is -0.858. The van der Waals surface area contributed by atoms with E-state index in [0.717, 1.165) is 0 Å². The average Bonchev–Trinajstić information content (AvgIpc) is 2.67. The van der Waals surface area contributed by atoms with Crippen molar-refractivity contribution in [2.45, 2.75) is 27.7 Å². The topological polar surface area (TPSA) is 63.6 Å². The predicted octanol–water partition coefficient (Wildman–Crippen LogP) is 4.95. The van der Waals surface area contributed by atoms with Gasteiger partial charge in [0.25, 0.3) is 0 Å². The van der Waals surface area contributed by atoms with Crippen molar-refractivity contribution in [3.05, 3.63) is 71.8 Å². The van der Waals surface area contributed by atoms with Crippen LogP contribution in [-0.4, -0.2) is 30.6 Å². The van der Waals surface area contributed by atoms with Crippen LogP contribution in [0.1, 0.15) is 48.4 Å². The monoisotopic (exact) mass is 332 g/mol. The third-order valence-corrected chi connectivity index (χ3v) is 2.39. The van der Waals surface area contributed by atoms with E-state index in [-0.39, 0.29) is 12.4 Å². The zero-order chi connectivity index (χ0) is 18.8. The highest BCUT2D eigenvalue weighted by molar-refractivity contribution is 5.96. The van der Waals surface area contributed by atoms with Crippen molar-refractivity contribution in [1.82, 2.24) is 0 Å². The summed E-state index contributed by atoms with van der Waals surface area (Å²) >= 11 is 0. The van der Waals surface area contributed by atoms with E-state index >= 15 is 0 Å². The molecule has 0 aliphatic carbocycles. The van der Waals surface area contributed by atoms with Gasteiger partial charge in [0.05, 0.1) is 5.56 Å². The van der Waals surface area contributed by atoms with Gasteiger partial charge in [-0.05, 0) is 12.1 Å². The Morgan fingerprint density at radius 3 is 1.46 bits per heavy atom. The SMILES string of the molecule is CC.CC.COCC(=O)c1ccccc1.O=C(O)c1ccccc1. The molecule has 0 aromatic heterocycles. The lowest BCUT2D eigenvalue weighted by molar-refractivity contribution is 0.0696. The Bertz CT molecular complexity index is 536. The van der Waals surface area contributed by atoms with Crippen LogP contribution in [-0.2, 0) is 4.74 Å². The molecule has 0 spiro atoms. The number of carboxylic acid groups (broad SMARTS) is 1. The molecule has 4 heteroatoms. The Morgan fingerprint density at radius 2 is 1.17 bits per heavy atom. The number of rotatable bonds is 4. The van der Waals surface area contributed by atoms with E-state index in [1.165, 1.54) is 7.11 Å². The molecule has 0 aliphatic rings. The van der Waals surface area contributed by atoms with Crippen LogP contribution in [0.15, 0.2) is 60.7 Å². The molecule has 2 rings (SSSR count). The van der Waals surface area contributed by atoms with Gasteiger partial charge in [-0.25, -0.2) is 4.79 Å². The number of Topliss-reactive ketones (excluding diaryl/α,β-unsaturated/α-hetero) is 1. The molecule has 2 aromatic carbocycles. The summed E-state index contributed by atoms with van der Waals surface area (Å²) in [5, 5.41) is 8.38. The standard InChI is InChI=1S/C9H10O2.C7H6O2.2C2H6/c1-11-7-9(10)8-5-3-2-4-6-8;8-7(9)6-4-2-1-3-5-6;2*1-2/h2-6H,7H2,1H3;1-5H,(H,8,9);2*1-2H3. The minimum absolute atomic E-state index is 0.0214. The molecular weight excluding hydrogens is 304 g/mol. The molecule has 24 heavy (non-hydrogen) atoms. The third-order valence-electron chi connectivity index (χ3n) is 2.39. The molecule has 0 atom stereocenters. The maximum absolute atomic E-state index is 11.1. The zero-order valence-corrected chi connectivity index (χ0v) is 15.2. The molecule has 0 aliphatic heterocycles. The molecule has 0 saturated heterocycles. The van der Waals surface area contributed by atoms with E-state index in [0.29, 0.717) is 11.1 Å². The molecule has 132 valence electrons. The second-order valence-corrected chi connectivity index (χ2v) is 3.89. The normalized spacial score (nSPS) is 8.21. The molecule has 0 heterocycles. The molecule has 0 amide bonds. The summed E-state index contributed by atoms with van der Waals surface area (Å²) in [6.45, 7) is 8.16. The number of ether oxygens (including phenoxy) is 1. The molecule has 0 unspecified atom stereocenters. The van der Waals surface area contributed by atoms with Crippen molar-refractivity contribution in [3.63, 3.8) is 0 Å². The number of ketones is 1. The number of methoxy groups -OCH3 is 1. The first-order chi connectivity index (χ1) is 11.6. The first-order valence-electron chi connectivity index (χ1n) is 8.00. The van der Waals surface area contributed by atoms with Crippen LogP contribution in [0.5, 0.6) is 0 Å². The van der Waals surface area contributed by atoms with Crippen molar-refractivity contribution in [3.8, 4) is 0 Å². The van der Waals surface area contributed by atoms with E-state index in [2.05, 4.69) is 0 Å². The summed E-state index contributed by atoms with van der Waals surface area (Å²) in [6, 6.07) is 17.4. The minimum atomic E-state index is -0.879. The number of carboxylic acids is 1. The highest BCUT2D eigenvalue weighted by Gasteiger charge is 2.01.